The van der Waals surface area contributed by atoms with Crippen molar-refractivity contribution in [3.63, 3.8) is 0 Å². The van der Waals surface area contributed by atoms with Gasteiger partial charge < -0.3 is 11.1 Å². The summed E-state index contributed by atoms with van der Waals surface area (Å²) in [5, 5.41) is 11.2. The van der Waals surface area contributed by atoms with E-state index in [4.69, 9.17) is 11.1 Å². The van der Waals surface area contributed by atoms with Gasteiger partial charge in [0.15, 0.2) is 5.17 Å². The van der Waals surface area contributed by atoms with Gasteiger partial charge in [0, 0.05) is 18.3 Å². The topological polar surface area (TPSA) is 61.9 Å². The minimum Gasteiger partial charge on any atom is -0.379 e. The van der Waals surface area contributed by atoms with E-state index >= 15 is 0 Å². The molecule has 4 rings (SSSR count). The fourth-order valence-corrected chi connectivity index (χ4v) is 5.08. The predicted octanol–water partition coefficient (Wildman–Crippen LogP) is 2.61. The van der Waals surface area contributed by atoms with Crippen LogP contribution in [0.4, 0.5) is 0 Å². The summed E-state index contributed by atoms with van der Waals surface area (Å²) in [6.07, 6.45) is 7.43. The highest BCUT2D eigenvalue weighted by molar-refractivity contribution is 8.93. The Balaban J connectivity index is 0.00000120. The molecule has 0 radical (unpaired) electrons. The van der Waals surface area contributed by atoms with E-state index < -0.39 is 0 Å². The summed E-state index contributed by atoms with van der Waals surface area (Å²) in [5.74, 6) is 4.96. The molecule has 0 atom stereocenters. The van der Waals surface area contributed by atoms with Crippen LogP contribution in [0.2, 0.25) is 0 Å². The third-order valence-corrected chi connectivity index (χ3v) is 5.69. The van der Waals surface area contributed by atoms with Gasteiger partial charge in [-0.05, 0) is 55.8 Å². The van der Waals surface area contributed by atoms with E-state index in [0.29, 0.717) is 0 Å². The van der Waals surface area contributed by atoms with Crippen LogP contribution in [0.1, 0.15) is 32.1 Å². The highest BCUT2D eigenvalue weighted by Gasteiger charge is 2.47. The minimum absolute atomic E-state index is 0. The molecule has 4 aliphatic carbocycles. The Hall–Kier alpha value is 0.260. The van der Waals surface area contributed by atoms with E-state index in [1.54, 1.807) is 0 Å². The van der Waals surface area contributed by atoms with Gasteiger partial charge in [-0.3, -0.25) is 5.41 Å². The second-order valence-corrected chi connectivity index (χ2v) is 7.26. The molecule has 104 valence electrons. The van der Waals surface area contributed by atoms with Gasteiger partial charge in [0.1, 0.15) is 0 Å². The van der Waals surface area contributed by atoms with Crippen LogP contribution in [-0.2, 0) is 0 Å². The van der Waals surface area contributed by atoms with E-state index in [-0.39, 0.29) is 22.1 Å². The fraction of sp³-hybridized carbons (Fsp3) is 0.923. The van der Waals surface area contributed by atoms with Gasteiger partial charge in [0.05, 0.1) is 0 Å². The van der Waals surface area contributed by atoms with Gasteiger partial charge in [-0.25, -0.2) is 0 Å². The Bertz CT molecular complexity index is 283. The lowest BCUT2D eigenvalue weighted by Gasteiger charge is -2.54. The van der Waals surface area contributed by atoms with Crippen molar-refractivity contribution in [2.75, 3.05) is 12.3 Å². The van der Waals surface area contributed by atoms with Crippen LogP contribution >= 0.6 is 28.7 Å². The molecule has 0 aliphatic heterocycles. The molecule has 0 aromatic rings. The minimum atomic E-state index is 0. The summed E-state index contributed by atoms with van der Waals surface area (Å²) >= 11 is 1.46. The van der Waals surface area contributed by atoms with E-state index in [9.17, 15) is 0 Å². The normalized spacial score (nSPS) is 40.6. The third-order valence-electron chi connectivity index (χ3n) is 4.97. The zero-order valence-electron chi connectivity index (χ0n) is 10.7. The second kappa shape index (κ2) is 6.14. The van der Waals surface area contributed by atoms with E-state index in [1.807, 2.05) is 0 Å². The Morgan fingerprint density at radius 2 is 1.67 bits per heavy atom. The first-order valence-electron chi connectivity index (χ1n) is 6.92. The second-order valence-electron chi connectivity index (χ2n) is 6.12. The molecule has 0 spiro atoms. The highest BCUT2D eigenvalue weighted by Crippen LogP contribution is 2.53. The van der Waals surface area contributed by atoms with Gasteiger partial charge in [-0.2, -0.15) is 0 Å². The number of hydrogen-bond acceptors (Lipinski definition) is 3. The van der Waals surface area contributed by atoms with Gasteiger partial charge in [-0.15, -0.1) is 17.0 Å². The number of amidine groups is 1. The first kappa shape index (κ1) is 14.7. The van der Waals surface area contributed by atoms with Crippen molar-refractivity contribution in [1.29, 1.82) is 5.41 Å². The number of rotatable bonds is 4. The molecule has 4 saturated carbocycles. The summed E-state index contributed by atoms with van der Waals surface area (Å²) in [4.78, 5) is 0. The Kier molecular flexibility index (Phi) is 5.00. The van der Waals surface area contributed by atoms with Crippen LogP contribution in [0, 0.1) is 29.1 Å². The molecule has 4 fully saturated rings. The summed E-state index contributed by atoms with van der Waals surface area (Å²) < 4.78 is 0. The van der Waals surface area contributed by atoms with Crippen molar-refractivity contribution in [3.8, 4) is 0 Å². The molecule has 0 heterocycles. The van der Waals surface area contributed by atoms with Gasteiger partial charge in [-0.1, -0.05) is 11.8 Å². The monoisotopic (exact) mass is 333 g/mol. The lowest BCUT2D eigenvalue weighted by molar-refractivity contribution is -0.0128. The molecule has 4 bridgehead atoms. The quantitative estimate of drug-likeness (QED) is 0.421. The van der Waals surface area contributed by atoms with Crippen LogP contribution in [0.15, 0.2) is 0 Å². The Labute approximate surface area is 124 Å². The van der Waals surface area contributed by atoms with Crippen molar-refractivity contribution in [3.05, 3.63) is 0 Å². The molecule has 18 heavy (non-hydrogen) atoms. The van der Waals surface area contributed by atoms with Gasteiger partial charge in [0.2, 0.25) is 0 Å². The third kappa shape index (κ3) is 3.05. The summed E-state index contributed by atoms with van der Waals surface area (Å²) in [6, 6.07) is 0.773. The maximum Gasteiger partial charge on any atom is 0.151 e. The highest BCUT2D eigenvalue weighted by atomic mass is 79.9. The molecule has 4 aliphatic rings. The van der Waals surface area contributed by atoms with Crippen molar-refractivity contribution in [1.82, 2.24) is 5.32 Å². The summed E-state index contributed by atoms with van der Waals surface area (Å²) in [6.45, 7) is 1.01. The van der Waals surface area contributed by atoms with Crippen LogP contribution in [0.5, 0.6) is 0 Å². The largest absolute Gasteiger partial charge is 0.379 e. The van der Waals surface area contributed by atoms with Crippen molar-refractivity contribution < 1.29 is 0 Å². The van der Waals surface area contributed by atoms with Crippen molar-refractivity contribution in [2.24, 2.45) is 29.4 Å². The number of thioether (sulfide) groups is 1. The fourth-order valence-electron chi connectivity index (χ4n) is 4.65. The number of hydrogen-bond donors (Lipinski definition) is 3. The van der Waals surface area contributed by atoms with Crippen LogP contribution < -0.4 is 11.1 Å². The smallest absolute Gasteiger partial charge is 0.151 e. The van der Waals surface area contributed by atoms with Crippen LogP contribution in [0.3, 0.4) is 0 Å². The van der Waals surface area contributed by atoms with Gasteiger partial charge in [0.25, 0.3) is 0 Å². The lowest BCUT2D eigenvalue weighted by Crippen LogP contribution is -2.54. The molecule has 0 aromatic heterocycles. The SMILES string of the molecule is Br.N=C(N)SCCNC1C2CC3CC(C2)CC1C3. The first-order chi connectivity index (χ1) is 8.22. The average Bonchev–Trinajstić information content (AvgIpc) is 2.25. The maximum atomic E-state index is 7.19. The first-order valence-corrected chi connectivity index (χ1v) is 7.91. The zero-order valence-corrected chi connectivity index (χ0v) is 13.3. The van der Waals surface area contributed by atoms with Gasteiger partial charge >= 0.3 is 0 Å². The van der Waals surface area contributed by atoms with Crippen molar-refractivity contribution >= 4 is 33.9 Å². The molecule has 0 amide bonds. The molecule has 0 saturated heterocycles. The number of nitrogens with two attached hydrogens (primary N) is 1. The Morgan fingerprint density at radius 1 is 1.11 bits per heavy atom. The summed E-state index contributed by atoms with van der Waals surface area (Å²) in [5.41, 5.74) is 5.35. The molecular weight excluding hydrogens is 310 g/mol. The standard InChI is InChI=1S/C13H23N3S.BrH/c14-13(15)17-2-1-16-12-10-4-8-3-9(6-10)7-11(12)5-8;/h8-12,16H,1-7H2,(H3,14,15);1H. The number of halogens is 1. The van der Waals surface area contributed by atoms with E-state index in [1.165, 1.54) is 43.9 Å². The molecular formula is C13H24BrN3S. The maximum absolute atomic E-state index is 7.19. The average molecular weight is 334 g/mol. The predicted molar refractivity (Wildman–Crippen MR) is 83.5 cm³/mol. The molecule has 0 aromatic carbocycles. The van der Waals surface area contributed by atoms with Crippen LogP contribution in [0.25, 0.3) is 0 Å². The lowest BCUT2D eigenvalue weighted by atomic mass is 9.54. The zero-order chi connectivity index (χ0) is 11.8. The van der Waals surface area contributed by atoms with E-state index in [0.717, 1.165) is 42.0 Å². The van der Waals surface area contributed by atoms with Crippen molar-refractivity contribution in [2.45, 2.75) is 38.1 Å². The number of nitrogens with one attached hydrogen (secondary N) is 2. The van der Waals surface area contributed by atoms with E-state index in [2.05, 4.69) is 5.32 Å². The molecule has 5 heteroatoms. The molecule has 4 N–H and O–H groups in total. The Morgan fingerprint density at radius 3 is 2.17 bits per heavy atom. The molecule has 0 unspecified atom stereocenters. The van der Waals surface area contributed by atoms with Crippen LogP contribution in [-0.4, -0.2) is 23.5 Å². The summed E-state index contributed by atoms with van der Waals surface area (Å²) in [7, 11) is 0. The molecule has 3 nitrogen and oxygen atoms in total.